The summed E-state index contributed by atoms with van der Waals surface area (Å²) in [5.74, 6) is 0.795. The molecule has 0 aliphatic heterocycles. The van der Waals surface area contributed by atoms with Crippen LogP contribution in [0.3, 0.4) is 0 Å². The zero-order valence-corrected chi connectivity index (χ0v) is 15.5. The number of amides is 1. The van der Waals surface area contributed by atoms with E-state index in [0.717, 1.165) is 43.9 Å². The molecule has 0 aliphatic rings. The van der Waals surface area contributed by atoms with E-state index in [1.165, 1.54) is 0 Å². The average Bonchev–Trinajstić information content (AvgIpc) is 2.60. The van der Waals surface area contributed by atoms with Crippen LogP contribution in [0.1, 0.15) is 62.9 Å². The van der Waals surface area contributed by atoms with Crippen molar-refractivity contribution in [2.45, 2.75) is 59.5 Å². The molecule has 1 aromatic rings. The van der Waals surface area contributed by atoms with Crippen LogP contribution in [0.15, 0.2) is 29.3 Å². The van der Waals surface area contributed by atoms with Gasteiger partial charge in [-0.15, -0.1) is 0 Å². The maximum Gasteiger partial charge on any atom is 0.251 e. The predicted octanol–water partition coefficient (Wildman–Crippen LogP) is 3.07. The Morgan fingerprint density at radius 1 is 1.21 bits per heavy atom. The fraction of sp³-hybridized carbons (Fsp3) is 0.579. The van der Waals surface area contributed by atoms with Crippen molar-refractivity contribution < 1.29 is 4.79 Å². The van der Waals surface area contributed by atoms with E-state index in [-0.39, 0.29) is 11.9 Å². The molecule has 1 rings (SSSR count). The van der Waals surface area contributed by atoms with Gasteiger partial charge in [-0.25, -0.2) is 4.99 Å². The maximum absolute atomic E-state index is 12.2. The number of carbonyl (C=O) groups excluding carboxylic acids is 1. The molecule has 0 aliphatic carbocycles. The van der Waals surface area contributed by atoms with E-state index in [1.807, 2.05) is 31.2 Å². The van der Waals surface area contributed by atoms with Gasteiger partial charge in [-0.05, 0) is 44.4 Å². The smallest absolute Gasteiger partial charge is 0.251 e. The Kier molecular flexibility index (Phi) is 9.58. The number of rotatable bonds is 9. The average molecular weight is 332 g/mol. The summed E-state index contributed by atoms with van der Waals surface area (Å²) >= 11 is 0. The van der Waals surface area contributed by atoms with E-state index in [0.29, 0.717) is 12.1 Å². The molecule has 0 saturated heterocycles. The van der Waals surface area contributed by atoms with Gasteiger partial charge >= 0.3 is 0 Å². The summed E-state index contributed by atoms with van der Waals surface area (Å²) in [7, 11) is 0. The number of hydrogen-bond donors (Lipinski definition) is 3. The molecular formula is C19H32N4O. The Morgan fingerprint density at radius 2 is 2.00 bits per heavy atom. The molecule has 1 amide bonds. The highest BCUT2D eigenvalue weighted by Gasteiger charge is 2.08. The number of aliphatic imine (C=N–C) groups is 1. The Balaban J connectivity index is 2.70. The third-order valence-electron chi connectivity index (χ3n) is 3.77. The van der Waals surface area contributed by atoms with Crippen LogP contribution in [-0.4, -0.2) is 31.0 Å². The first-order valence-electron chi connectivity index (χ1n) is 9.02. The van der Waals surface area contributed by atoms with E-state index in [9.17, 15) is 4.79 Å². The Hall–Kier alpha value is -2.04. The van der Waals surface area contributed by atoms with Gasteiger partial charge in [0.1, 0.15) is 0 Å². The highest BCUT2D eigenvalue weighted by atomic mass is 16.1. The van der Waals surface area contributed by atoms with Crippen molar-refractivity contribution in [1.29, 1.82) is 0 Å². The van der Waals surface area contributed by atoms with Crippen LogP contribution < -0.4 is 16.0 Å². The van der Waals surface area contributed by atoms with Crippen molar-refractivity contribution in [2.75, 3.05) is 13.1 Å². The number of hydrogen-bond acceptors (Lipinski definition) is 2. The number of nitrogens with one attached hydrogen (secondary N) is 3. The van der Waals surface area contributed by atoms with Gasteiger partial charge in [0.25, 0.3) is 5.91 Å². The van der Waals surface area contributed by atoms with Gasteiger partial charge in [-0.1, -0.05) is 32.4 Å². The molecule has 0 heterocycles. The number of unbranched alkanes of at least 4 members (excludes halogenated alkanes) is 1. The summed E-state index contributed by atoms with van der Waals surface area (Å²) in [4.78, 5) is 16.8. The number of guanidine groups is 1. The molecule has 3 N–H and O–H groups in total. The van der Waals surface area contributed by atoms with Crippen LogP contribution in [-0.2, 0) is 6.54 Å². The minimum Gasteiger partial charge on any atom is -0.357 e. The van der Waals surface area contributed by atoms with Crippen molar-refractivity contribution in [1.82, 2.24) is 16.0 Å². The number of benzene rings is 1. The first-order valence-corrected chi connectivity index (χ1v) is 9.02. The zero-order valence-electron chi connectivity index (χ0n) is 15.5. The molecule has 1 atom stereocenters. The molecule has 5 heteroatoms. The maximum atomic E-state index is 12.2. The van der Waals surface area contributed by atoms with E-state index in [2.05, 4.69) is 41.7 Å². The van der Waals surface area contributed by atoms with E-state index >= 15 is 0 Å². The predicted molar refractivity (Wildman–Crippen MR) is 101 cm³/mol. The molecule has 0 bridgehead atoms. The fourth-order valence-electron chi connectivity index (χ4n) is 2.12. The van der Waals surface area contributed by atoms with Gasteiger partial charge in [0.15, 0.2) is 5.96 Å². The van der Waals surface area contributed by atoms with Crippen molar-refractivity contribution in [3.05, 3.63) is 35.4 Å². The van der Waals surface area contributed by atoms with Gasteiger partial charge in [-0.2, -0.15) is 0 Å². The highest BCUT2D eigenvalue weighted by molar-refractivity contribution is 5.94. The molecule has 5 nitrogen and oxygen atoms in total. The lowest BCUT2D eigenvalue weighted by Gasteiger charge is -2.12. The molecule has 0 spiro atoms. The van der Waals surface area contributed by atoms with E-state index in [4.69, 9.17) is 0 Å². The van der Waals surface area contributed by atoms with E-state index in [1.54, 1.807) is 0 Å². The van der Waals surface area contributed by atoms with Gasteiger partial charge in [0.2, 0.25) is 0 Å². The Labute approximate surface area is 146 Å². The summed E-state index contributed by atoms with van der Waals surface area (Å²) in [6, 6.07) is 7.85. The van der Waals surface area contributed by atoms with Crippen molar-refractivity contribution in [2.24, 2.45) is 4.99 Å². The van der Waals surface area contributed by atoms with Crippen molar-refractivity contribution >= 4 is 11.9 Å². The van der Waals surface area contributed by atoms with Gasteiger partial charge in [-0.3, -0.25) is 4.79 Å². The monoisotopic (exact) mass is 332 g/mol. The molecule has 1 unspecified atom stereocenters. The highest BCUT2D eigenvalue weighted by Crippen LogP contribution is 2.07. The third kappa shape index (κ3) is 7.49. The summed E-state index contributed by atoms with van der Waals surface area (Å²) in [6.45, 7) is 10.6. The van der Waals surface area contributed by atoms with Gasteiger partial charge in [0.05, 0.1) is 6.54 Å². The number of nitrogens with zero attached hydrogens (tertiary/aromatic N) is 1. The molecule has 134 valence electrons. The van der Waals surface area contributed by atoms with Crippen LogP contribution >= 0.6 is 0 Å². The van der Waals surface area contributed by atoms with Crippen molar-refractivity contribution in [3.63, 3.8) is 0 Å². The fourth-order valence-corrected chi connectivity index (χ4v) is 2.12. The minimum atomic E-state index is -0.0249. The van der Waals surface area contributed by atoms with Gasteiger partial charge in [0, 0.05) is 24.7 Å². The van der Waals surface area contributed by atoms with Crippen LogP contribution in [0.4, 0.5) is 0 Å². The van der Waals surface area contributed by atoms with Crippen molar-refractivity contribution in [3.8, 4) is 0 Å². The van der Waals surface area contributed by atoms with Crippen LogP contribution in [0.2, 0.25) is 0 Å². The lowest BCUT2D eigenvalue weighted by atomic mass is 10.1. The minimum absolute atomic E-state index is 0.0249. The first kappa shape index (κ1) is 20.0. The first-order chi connectivity index (χ1) is 11.6. The normalized spacial score (nSPS) is 12.6. The quantitative estimate of drug-likeness (QED) is 0.370. The second-order valence-electron chi connectivity index (χ2n) is 5.96. The van der Waals surface area contributed by atoms with Gasteiger partial charge < -0.3 is 16.0 Å². The summed E-state index contributed by atoms with van der Waals surface area (Å²) < 4.78 is 0. The van der Waals surface area contributed by atoms with E-state index < -0.39 is 0 Å². The standard InChI is InChI=1S/C19H32N4O/c1-5-8-12-21-19(20-7-3)22-14-16-10-9-11-17(13-16)18(24)23-15(4)6-2/h9-11,13,15H,5-8,12,14H2,1-4H3,(H,23,24)(H2,20,21,22). The zero-order chi connectivity index (χ0) is 17.8. The lowest BCUT2D eigenvalue weighted by molar-refractivity contribution is 0.0939. The Morgan fingerprint density at radius 3 is 2.67 bits per heavy atom. The molecule has 0 aromatic heterocycles. The molecular weight excluding hydrogens is 300 g/mol. The second kappa shape index (κ2) is 11.5. The third-order valence-corrected chi connectivity index (χ3v) is 3.77. The molecule has 0 radical (unpaired) electrons. The van der Waals surface area contributed by atoms with Crippen LogP contribution in [0.25, 0.3) is 0 Å². The topological polar surface area (TPSA) is 65.5 Å². The molecule has 24 heavy (non-hydrogen) atoms. The summed E-state index contributed by atoms with van der Waals surface area (Å²) in [6.07, 6.45) is 3.20. The van der Waals surface area contributed by atoms with Crippen LogP contribution in [0, 0.1) is 0 Å². The SMILES string of the molecule is CCCCNC(=NCc1cccc(C(=O)NC(C)CC)c1)NCC. The second-order valence-corrected chi connectivity index (χ2v) is 5.96. The lowest BCUT2D eigenvalue weighted by Crippen LogP contribution is -2.37. The summed E-state index contributed by atoms with van der Waals surface area (Å²) in [5, 5.41) is 9.56. The largest absolute Gasteiger partial charge is 0.357 e. The molecule has 0 saturated carbocycles. The summed E-state index contributed by atoms with van der Waals surface area (Å²) in [5.41, 5.74) is 1.71. The Bertz CT molecular complexity index is 528. The molecule has 0 fully saturated rings. The van der Waals surface area contributed by atoms with Crippen LogP contribution in [0.5, 0.6) is 0 Å². The molecule has 1 aromatic carbocycles. The number of carbonyl (C=O) groups is 1.